The lowest BCUT2D eigenvalue weighted by Gasteiger charge is -2.04. The van der Waals surface area contributed by atoms with E-state index in [0.717, 1.165) is 50.4 Å². The Labute approximate surface area is 188 Å². The number of furan rings is 1. The molecule has 0 aliphatic carbocycles. The average molecular weight is 443 g/mol. The van der Waals surface area contributed by atoms with Gasteiger partial charge in [-0.1, -0.05) is 17.7 Å². The maximum absolute atomic E-state index is 6.06. The van der Waals surface area contributed by atoms with Gasteiger partial charge < -0.3 is 14.1 Å². The molecule has 1 aromatic carbocycles. The predicted molar refractivity (Wildman–Crippen MR) is 125 cm³/mol. The SMILES string of the molecule is Cc1cn2cc(Cn3cc4c(NCc5cc6ccc(Cl)cc6o5)nccc4n3)ccc2n1. The molecule has 6 rings (SSSR count). The summed E-state index contributed by atoms with van der Waals surface area (Å²) in [4.78, 5) is 9.00. The number of imidazole rings is 1. The van der Waals surface area contributed by atoms with Crippen LogP contribution in [0.2, 0.25) is 5.02 Å². The van der Waals surface area contributed by atoms with Crippen LogP contribution >= 0.6 is 11.6 Å². The summed E-state index contributed by atoms with van der Waals surface area (Å²) >= 11 is 6.06. The molecule has 0 saturated heterocycles. The molecule has 8 heteroatoms. The standard InChI is InChI=1S/C24H19ClN6O/c1-15-11-30-12-16(2-5-23(30)28-15)13-31-14-20-21(29-31)6-7-26-24(20)27-10-19-8-17-3-4-18(25)9-22(17)32-19/h2-9,11-12,14H,10,13H2,1H3,(H,26,27). The maximum atomic E-state index is 6.06. The minimum atomic E-state index is 0.514. The van der Waals surface area contributed by atoms with E-state index < -0.39 is 0 Å². The van der Waals surface area contributed by atoms with E-state index in [4.69, 9.17) is 21.1 Å². The molecule has 158 valence electrons. The molecular formula is C24H19ClN6O. The van der Waals surface area contributed by atoms with Crippen LogP contribution in [-0.4, -0.2) is 24.1 Å². The van der Waals surface area contributed by atoms with Crippen LogP contribution in [0.1, 0.15) is 17.0 Å². The number of hydrogen-bond donors (Lipinski definition) is 1. The second-order valence-electron chi connectivity index (χ2n) is 7.85. The number of nitrogens with one attached hydrogen (secondary N) is 1. The number of pyridine rings is 2. The quantitative estimate of drug-likeness (QED) is 0.384. The molecule has 0 fully saturated rings. The summed E-state index contributed by atoms with van der Waals surface area (Å²) in [5.41, 5.74) is 4.75. The third kappa shape index (κ3) is 3.46. The molecule has 0 amide bonds. The lowest BCUT2D eigenvalue weighted by Crippen LogP contribution is -2.01. The van der Waals surface area contributed by atoms with E-state index in [9.17, 15) is 0 Å². The van der Waals surface area contributed by atoms with Gasteiger partial charge in [0.15, 0.2) is 0 Å². The van der Waals surface area contributed by atoms with Crippen LogP contribution in [0.15, 0.2) is 71.7 Å². The van der Waals surface area contributed by atoms with E-state index >= 15 is 0 Å². The van der Waals surface area contributed by atoms with Crippen molar-refractivity contribution in [2.24, 2.45) is 0 Å². The summed E-state index contributed by atoms with van der Waals surface area (Å²) in [5, 5.41) is 10.8. The van der Waals surface area contributed by atoms with Gasteiger partial charge in [-0.3, -0.25) is 4.68 Å². The number of aromatic nitrogens is 5. The summed E-state index contributed by atoms with van der Waals surface area (Å²) in [5.74, 6) is 1.59. The number of benzene rings is 1. The van der Waals surface area contributed by atoms with Crippen molar-refractivity contribution in [3.8, 4) is 0 Å². The number of fused-ring (bicyclic) bond motifs is 3. The number of rotatable bonds is 5. The Balaban J connectivity index is 1.25. The zero-order valence-corrected chi connectivity index (χ0v) is 18.0. The van der Waals surface area contributed by atoms with E-state index in [1.54, 1.807) is 6.20 Å². The van der Waals surface area contributed by atoms with Crippen LogP contribution in [0.3, 0.4) is 0 Å². The summed E-state index contributed by atoms with van der Waals surface area (Å²) in [6.45, 7) is 3.17. The molecule has 0 aliphatic rings. The smallest absolute Gasteiger partial charge is 0.137 e. The van der Waals surface area contributed by atoms with Gasteiger partial charge in [0, 0.05) is 41.3 Å². The second kappa shape index (κ2) is 7.39. The number of anilines is 1. The fourth-order valence-electron chi connectivity index (χ4n) is 3.98. The van der Waals surface area contributed by atoms with E-state index in [-0.39, 0.29) is 0 Å². The molecule has 5 heterocycles. The van der Waals surface area contributed by atoms with Gasteiger partial charge in [-0.25, -0.2) is 9.97 Å². The fourth-order valence-corrected chi connectivity index (χ4v) is 4.14. The second-order valence-corrected chi connectivity index (χ2v) is 8.29. The molecule has 0 aliphatic heterocycles. The van der Waals surface area contributed by atoms with Crippen molar-refractivity contribution in [1.82, 2.24) is 24.1 Å². The van der Waals surface area contributed by atoms with E-state index in [1.807, 2.05) is 64.8 Å². The highest BCUT2D eigenvalue weighted by atomic mass is 35.5. The first-order chi connectivity index (χ1) is 15.6. The van der Waals surface area contributed by atoms with E-state index in [2.05, 4.69) is 27.5 Å². The highest BCUT2D eigenvalue weighted by Gasteiger charge is 2.10. The van der Waals surface area contributed by atoms with Gasteiger partial charge in [-0.05, 0) is 42.8 Å². The molecule has 0 spiro atoms. The highest BCUT2D eigenvalue weighted by molar-refractivity contribution is 6.31. The Morgan fingerprint density at radius 2 is 2.00 bits per heavy atom. The van der Waals surface area contributed by atoms with Gasteiger partial charge in [0.05, 0.1) is 29.7 Å². The van der Waals surface area contributed by atoms with Gasteiger partial charge in [0.2, 0.25) is 0 Å². The van der Waals surface area contributed by atoms with Crippen LogP contribution in [0, 0.1) is 6.92 Å². The van der Waals surface area contributed by atoms with Gasteiger partial charge in [0.1, 0.15) is 22.8 Å². The summed E-state index contributed by atoms with van der Waals surface area (Å²) in [7, 11) is 0. The molecule has 0 atom stereocenters. The van der Waals surface area contributed by atoms with E-state index in [1.165, 1.54) is 0 Å². The largest absolute Gasteiger partial charge is 0.459 e. The van der Waals surface area contributed by atoms with Crippen LogP contribution < -0.4 is 5.32 Å². The Morgan fingerprint density at radius 1 is 1.06 bits per heavy atom. The molecule has 1 N–H and O–H groups in total. The molecular weight excluding hydrogens is 424 g/mol. The topological polar surface area (TPSA) is 73.2 Å². The first kappa shape index (κ1) is 18.9. The number of hydrogen-bond acceptors (Lipinski definition) is 5. The number of aryl methyl sites for hydroxylation is 1. The predicted octanol–water partition coefficient (Wildman–Crippen LogP) is 5.45. The summed E-state index contributed by atoms with van der Waals surface area (Å²) in [6, 6.07) is 13.7. The number of nitrogens with zero attached hydrogens (tertiary/aromatic N) is 5. The summed E-state index contributed by atoms with van der Waals surface area (Å²) < 4.78 is 9.88. The van der Waals surface area contributed by atoms with Crippen molar-refractivity contribution >= 4 is 44.9 Å². The molecule has 32 heavy (non-hydrogen) atoms. The van der Waals surface area contributed by atoms with Crippen molar-refractivity contribution in [2.45, 2.75) is 20.0 Å². The molecule has 7 nitrogen and oxygen atoms in total. The third-order valence-corrected chi connectivity index (χ3v) is 5.66. The van der Waals surface area contributed by atoms with Crippen LogP contribution in [-0.2, 0) is 13.1 Å². The Bertz CT molecular complexity index is 1590. The van der Waals surface area contributed by atoms with E-state index in [0.29, 0.717) is 18.1 Å². The van der Waals surface area contributed by atoms with Crippen LogP contribution in [0.4, 0.5) is 5.82 Å². The summed E-state index contributed by atoms with van der Waals surface area (Å²) in [6.07, 6.45) is 7.90. The zero-order chi connectivity index (χ0) is 21.7. The monoisotopic (exact) mass is 442 g/mol. The highest BCUT2D eigenvalue weighted by Crippen LogP contribution is 2.25. The van der Waals surface area contributed by atoms with Crippen molar-refractivity contribution in [2.75, 3.05) is 5.32 Å². The van der Waals surface area contributed by atoms with Crippen LogP contribution in [0.5, 0.6) is 0 Å². The van der Waals surface area contributed by atoms with Crippen molar-refractivity contribution in [3.63, 3.8) is 0 Å². The Hall–Kier alpha value is -3.84. The number of halogens is 1. The zero-order valence-electron chi connectivity index (χ0n) is 17.3. The van der Waals surface area contributed by atoms with Gasteiger partial charge in [-0.15, -0.1) is 0 Å². The minimum Gasteiger partial charge on any atom is -0.459 e. The molecule has 0 radical (unpaired) electrons. The fraction of sp³-hybridized carbons (Fsp3) is 0.125. The molecule has 6 aromatic rings. The van der Waals surface area contributed by atoms with Gasteiger partial charge >= 0.3 is 0 Å². The maximum Gasteiger partial charge on any atom is 0.137 e. The molecule has 5 aromatic heterocycles. The Kier molecular flexibility index (Phi) is 4.36. The lowest BCUT2D eigenvalue weighted by molar-refractivity contribution is 0.559. The first-order valence-corrected chi connectivity index (χ1v) is 10.7. The van der Waals surface area contributed by atoms with Crippen molar-refractivity contribution in [1.29, 1.82) is 0 Å². The Morgan fingerprint density at radius 3 is 2.94 bits per heavy atom. The first-order valence-electron chi connectivity index (χ1n) is 10.3. The van der Waals surface area contributed by atoms with Gasteiger partial charge in [0.25, 0.3) is 0 Å². The van der Waals surface area contributed by atoms with Gasteiger partial charge in [-0.2, -0.15) is 5.10 Å². The molecule has 0 bridgehead atoms. The molecule has 0 unspecified atom stereocenters. The van der Waals surface area contributed by atoms with Crippen molar-refractivity contribution in [3.05, 3.63) is 89.3 Å². The molecule has 0 saturated carbocycles. The van der Waals surface area contributed by atoms with Crippen molar-refractivity contribution < 1.29 is 4.42 Å². The third-order valence-electron chi connectivity index (χ3n) is 5.42. The minimum absolute atomic E-state index is 0.514. The average Bonchev–Trinajstić information content (AvgIpc) is 3.46. The lowest BCUT2D eigenvalue weighted by atomic mass is 10.2. The van der Waals surface area contributed by atoms with Crippen LogP contribution in [0.25, 0.3) is 27.5 Å². The normalized spacial score (nSPS) is 11.7.